The number of hydrogen-bond acceptors (Lipinski definition) is 4. The fourth-order valence-corrected chi connectivity index (χ4v) is 3.21. The van der Waals surface area contributed by atoms with Crippen molar-refractivity contribution in [1.82, 2.24) is 24.4 Å². The van der Waals surface area contributed by atoms with Gasteiger partial charge in [0, 0.05) is 25.5 Å². The summed E-state index contributed by atoms with van der Waals surface area (Å²) < 4.78 is 3.33. The Morgan fingerprint density at radius 2 is 1.86 bits per heavy atom. The maximum absolute atomic E-state index is 12.6. The van der Waals surface area contributed by atoms with Crippen molar-refractivity contribution >= 4 is 16.8 Å². The number of hydrogen-bond donors (Lipinski definition) is 1. The van der Waals surface area contributed by atoms with Crippen LogP contribution < -0.4 is 10.9 Å². The molecule has 0 aliphatic rings. The topological polar surface area (TPSA) is 81.8 Å². The average molecular weight is 387 g/mol. The molecule has 0 fully saturated rings. The number of rotatable bonds is 6. The Morgan fingerprint density at radius 3 is 2.62 bits per heavy atom. The summed E-state index contributed by atoms with van der Waals surface area (Å²) in [6, 6.07) is 13.5. The maximum Gasteiger partial charge on any atom is 0.261 e. The van der Waals surface area contributed by atoms with Crippen LogP contribution in [0.25, 0.3) is 10.9 Å². The second kappa shape index (κ2) is 8.10. The minimum absolute atomic E-state index is 0.0611. The number of carbonyl (C=O) groups excluding carboxylic acids is 1. The molecule has 2 heterocycles. The second-order valence-electron chi connectivity index (χ2n) is 6.98. The fourth-order valence-electron chi connectivity index (χ4n) is 3.21. The first kappa shape index (κ1) is 18.6. The van der Waals surface area contributed by atoms with E-state index in [1.54, 1.807) is 18.6 Å². The van der Waals surface area contributed by atoms with E-state index in [2.05, 4.69) is 15.3 Å². The van der Waals surface area contributed by atoms with Crippen LogP contribution in [-0.2, 0) is 24.4 Å². The summed E-state index contributed by atoms with van der Waals surface area (Å²) in [5, 5.41) is 3.38. The van der Waals surface area contributed by atoms with Crippen LogP contribution in [0.1, 0.15) is 16.7 Å². The lowest BCUT2D eigenvalue weighted by Gasteiger charge is -2.09. The fraction of sp³-hybridized carbons (Fsp3) is 0.182. The number of aryl methyl sites for hydroxylation is 1. The Bertz CT molecular complexity index is 1190. The quantitative estimate of drug-likeness (QED) is 0.550. The summed E-state index contributed by atoms with van der Waals surface area (Å²) in [7, 11) is 0. The zero-order chi connectivity index (χ0) is 20.2. The van der Waals surface area contributed by atoms with Crippen molar-refractivity contribution in [3.8, 4) is 0 Å². The second-order valence-corrected chi connectivity index (χ2v) is 6.98. The molecule has 7 heteroatoms. The predicted molar refractivity (Wildman–Crippen MR) is 110 cm³/mol. The van der Waals surface area contributed by atoms with Crippen molar-refractivity contribution in [3.05, 3.63) is 94.6 Å². The first-order valence-electron chi connectivity index (χ1n) is 9.35. The highest BCUT2D eigenvalue weighted by Crippen LogP contribution is 2.11. The number of carbonyl (C=O) groups is 1. The summed E-state index contributed by atoms with van der Waals surface area (Å²) in [4.78, 5) is 33.3. The molecule has 0 radical (unpaired) electrons. The van der Waals surface area contributed by atoms with Crippen molar-refractivity contribution in [1.29, 1.82) is 0 Å². The molecule has 0 aliphatic carbocycles. The molecular weight excluding hydrogens is 366 g/mol. The van der Waals surface area contributed by atoms with E-state index in [4.69, 9.17) is 0 Å². The molecule has 4 aromatic rings. The van der Waals surface area contributed by atoms with Crippen LogP contribution in [0.4, 0.5) is 0 Å². The van der Waals surface area contributed by atoms with Gasteiger partial charge < -0.3 is 9.88 Å². The van der Waals surface area contributed by atoms with Crippen LogP contribution in [0.3, 0.4) is 0 Å². The van der Waals surface area contributed by atoms with Gasteiger partial charge in [-0.15, -0.1) is 0 Å². The van der Waals surface area contributed by atoms with Crippen LogP contribution in [0.5, 0.6) is 0 Å². The summed E-state index contributed by atoms with van der Waals surface area (Å²) in [6.07, 6.45) is 6.88. The summed E-state index contributed by atoms with van der Waals surface area (Å²) in [5.74, 6) is -0.233. The molecule has 7 nitrogen and oxygen atoms in total. The van der Waals surface area contributed by atoms with Crippen molar-refractivity contribution < 1.29 is 4.79 Å². The van der Waals surface area contributed by atoms with Crippen LogP contribution >= 0.6 is 0 Å². The highest BCUT2D eigenvalue weighted by atomic mass is 16.2. The van der Waals surface area contributed by atoms with E-state index in [1.165, 1.54) is 10.9 Å². The third-order valence-electron chi connectivity index (χ3n) is 4.81. The smallest absolute Gasteiger partial charge is 0.261 e. The number of nitrogens with one attached hydrogen (secondary N) is 1. The molecule has 0 unspecified atom stereocenters. The van der Waals surface area contributed by atoms with Gasteiger partial charge in [-0.05, 0) is 29.7 Å². The van der Waals surface area contributed by atoms with Crippen molar-refractivity contribution in [2.75, 3.05) is 0 Å². The highest BCUT2D eigenvalue weighted by Gasteiger charge is 2.09. The molecule has 146 valence electrons. The van der Waals surface area contributed by atoms with Crippen molar-refractivity contribution in [2.24, 2.45) is 0 Å². The van der Waals surface area contributed by atoms with E-state index in [1.807, 2.05) is 54.1 Å². The first-order chi connectivity index (χ1) is 14.1. The van der Waals surface area contributed by atoms with Gasteiger partial charge in [0.1, 0.15) is 6.54 Å². The third-order valence-corrected chi connectivity index (χ3v) is 4.81. The molecule has 0 saturated carbocycles. The van der Waals surface area contributed by atoms with Gasteiger partial charge in [-0.1, -0.05) is 36.4 Å². The molecule has 1 N–H and O–H groups in total. The molecule has 1 amide bonds. The van der Waals surface area contributed by atoms with Gasteiger partial charge in [0.2, 0.25) is 5.91 Å². The number of nitrogens with zero attached hydrogens (tertiary/aromatic N) is 4. The van der Waals surface area contributed by atoms with Crippen LogP contribution in [0, 0.1) is 6.92 Å². The number of benzene rings is 2. The molecule has 2 aromatic carbocycles. The van der Waals surface area contributed by atoms with Gasteiger partial charge in [-0.25, -0.2) is 9.97 Å². The van der Waals surface area contributed by atoms with Gasteiger partial charge in [0.15, 0.2) is 0 Å². The Kier molecular flexibility index (Phi) is 5.20. The van der Waals surface area contributed by atoms with E-state index in [9.17, 15) is 9.59 Å². The van der Waals surface area contributed by atoms with E-state index in [0.29, 0.717) is 17.4 Å². The van der Waals surface area contributed by atoms with Crippen molar-refractivity contribution in [2.45, 2.75) is 26.6 Å². The van der Waals surface area contributed by atoms with Gasteiger partial charge in [-0.2, -0.15) is 0 Å². The monoisotopic (exact) mass is 387 g/mol. The zero-order valence-corrected chi connectivity index (χ0v) is 16.1. The minimum atomic E-state index is -0.233. The van der Waals surface area contributed by atoms with Gasteiger partial charge in [-0.3, -0.25) is 14.2 Å². The number of amides is 1. The zero-order valence-electron chi connectivity index (χ0n) is 16.1. The number of aromatic nitrogens is 4. The molecule has 2 aromatic heterocycles. The highest BCUT2D eigenvalue weighted by molar-refractivity contribution is 5.81. The number of para-hydroxylation sites is 1. The van der Waals surface area contributed by atoms with Crippen molar-refractivity contribution in [3.63, 3.8) is 0 Å². The van der Waals surface area contributed by atoms with E-state index >= 15 is 0 Å². The minimum Gasteiger partial charge on any atom is -0.350 e. The van der Waals surface area contributed by atoms with Crippen LogP contribution in [-0.4, -0.2) is 25.0 Å². The molecular formula is C22H21N5O2. The lowest BCUT2D eigenvalue weighted by Crippen LogP contribution is -2.32. The Morgan fingerprint density at radius 1 is 1.07 bits per heavy atom. The van der Waals surface area contributed by atoms with Crippen LogP contribution in [0.15, 0.2) is 72.3 Å². The summed E-state index contributed by atoms with van der Waals surface area (Å²) in [6.45, 7) is 3.00. The molecule has 4 rings (SSSR count). The largest absolute Gasteiger partial charge is 0.350 e. The molecule has 0 saturated heterocycles. The average Bonchev–Trinajstić information content (AvgIpc) is 3.23. The summed E-state index contributed by atoms with van der Waals surface area (Å²) in [5.41, 5.74) is 3.55. The normalized spacial score (nSPS) is 10.9. The Labute approximate surface area is 167 Å². The van der Waals surface area contributed by atoms with Crippen LogP contribution in [0.2, 0.25) is 0 Å². The molecule has 29 heavy (non-hydrogen) atoms. The van der Waals surface area contributed by atoms with Gasteiger partial charge in [0.05, 0.1) is 23.6 Å². The Balaban J connectivity index is 1.37. The molecule has 0 atom stereocenters. The number of imidazole rings is 1. The van der Waals surface area contributed by atoms with E-state index in [0.717, 1.165) is 23.2 Å². The van der Waals surface area contributed by atoms with E-state index in [-0.39, 0.29) is 18.0 Å². The molecule has 0 spiro atoms. The predicted octanol–water partition coefficient (Wildman–Crippen LogP) is 2.27. The summed E-state index contributed by atoms with van der Waals surface area (Å²) >= 11 is 0. The molecule has 0 aliphatic heterocycles. The number of fused-ring (bicyclic) bond motifs is 1. The Hall–Kier alpha value is -3.74. The van der Waals surface area contributed by atoms with Gasteiger partial charge >= 0.3 is 0 Å². The lowest BCUT2D eigenvalue weighted by atomic mass is 10.1. The van der Waals surface area contributed by atoms with Gasteiger partial charge in [0.25, 0.3) is 5.56 Å². The third kappa shape index (κ3) is 4.24. The first-order valence-corrected chi connectivity index (χ1v) is 9.35. The maximum atomic E-state index is 12.6. The van der Waals surface area contributed by atoms with E-state index < -0.39 is 0 Å². The SMILES string of the molecule is Cc1cccc2c(=O)n(CC(=O)NCc3ccc(Cn4ccnc4)cc3)cnc12. The lowest BCUT2D eigenvalue weighted by molar-refractivity contribution is -0.121. The standard InChI is InChI=1S/C22H21N5O2/c1-16-3-2-4-19-21(16)25-15-27(22(19)29)13-20(28)24-11-17-5-7-18(8-6-17)12-26-10-9-23-14-26/h2-10,14-15H,11-13H2,1H3,(H,24,28). The molecule has 0 bridgehead atoms.